The molecule has 0 saturated heterocycles. The van der Waals surface area contributed by atoms with Gasteiger partial charge >= 0.3 is 5.69 Å². The number of aryl methyl sites for hydroxylation is 1. The molecule has 0 radical (unpaired) electrons. The van der Waals surface area contributed by atoms with Crippen LogP contribution in [0.4, 0.5) is 0 Å². The van der Waals surface area contributed by atoms with Crippen LogP contribution in [0.5, 0.6) is 0 Å². The SMILES string of the molecule is Cc1nnc(-c2c[nH]c(=O)[nH]c2=O)o1. The first kappa shape index (κ1) is 8.42. The van der Waals surface area contributed by atoms with E-state index in [9.17, 15) is 9.59 Å². The van der Waals surface area contributed by atoms with Crippen molar-refractivity contribution in [3.05, 3.63) is 32.9 Å². The molecule has 2 heterocycles. The summed E-state index contributed by atoms with van der Waals surface area (Å²) in [5.74, 6) is 0.436. The Balaban J connectivity index is 2.63. The molecule has 0 amide bonds. The van der Waals surface area contributed by atoms with E-state index in [4.69, 9.17) is 4.42 Å². The Kier molecular flexibility index (Phi) is 1.77. The molecule has 0 atom stereocenters. The van der Waals surface area contributed by atoms with Gasteiger partial charge in [0.15, 0.2) is 0 Å². The second-order valence-corrected chi connectivity index (χ2v) is 2.61. The summed E-state index contributed by atoms with van der Waals surface area (Å²) in [6.45, 7) is 1.61. The monoisotopic (exact) mass is 194 g/mol. The second-order valence-electron chi connectivity index (χ2n) is 2.61. The van der Waals surface area contributed by atoms with Crippen molar-refractivity contribution < 1.29 is 4.42 Å². The van der Waals surface area contributed by atoms with Gasteiger partial charge in [0, 0.05) is 13.1 Å². The summed E-state index contributed by atoms with van der Waals surface area (Å²) in [5, 5.41) is 7.21. The molecule has 0 fully saturated rings. The lowest BCUT2D eigenvalue weighted by Crippen LogP contribution is -2.22. The molecule has 0 aliphatic rings. The molecular formula is C7H6N4O3. The van der Waals surface area contributed by atoms with Crippen molar-refractivity contribution in [2.24, 2.45) is 0 Å². The van der Waals surface area contributed by atoms with Gasteiger partial charge in [-0.2, -0.15) is 0 Å². The molecule has 14 heavy (non-hydrogen) atoms. The number of H-pyrrole nitrogens is 2. The van der Waals surface area contributed by atoms with Crippen LogP contribution in [0, 0.1) is 6.92 Å². The van der Waals surface area contributed by atoms with E-state index < -0.39 is 11.2 Å². The van der Waals surface area contributed by atoms with Crippen LogP contribution in [0.15, 0.2) is 20.2 Å². The van der Waals surface area contributed by atoms with Crippen LogP contribution in [0.1, 0.15) is 5.89 Å². The van der Waals surface area contributed by atoms with E-state index in [1.807, 2.05) is 0 Å². The van der Waals surface area contributed by atoms with Crippen molar-refractivity contribution >= 4 is 0 Å². The Bertz CT molecular complexity index is 565. The Labute approximate surface area is 76.8 Å². The van der Waals surface area contributed by atoms with Gasteiger partial charge in [-0.1, -0.05) is 0 Å². The fourth-order valence-corrected chi connectivity index (χ4v) is 0.974. The first-order chi connectivity index (χ1) is 6.66. The standard InChI is InChI=1S/C7H6N4O3/c1-3-10-11-6(14-3)4-2-8-7(13)9-5(4)12/h2H,1H3,(H2,8,9,12,13). The number of hydrogen-bond acceptors (Lipinski definition) is 5. The van der Waals surface area contributed by atoms with Crippen molar-refractivity contribution in [1.82, 2.24) is 20.2 Å². The van der Waals surface area contributed by atoms with Crippen molar-refractivity contribution in [2.75, 3.05) is 0 Å². The Hall–Kier alpha value is -2.18. The molecule has 0 saturated carbocycles. The molecule has 0 spiro atoms. The van der Waals surface area contributed by atoms with E-state index in [1.165, 1.54) is 6.20 Å². The lowest BCUT2D eigenvalue weighted by atomic mass is 10.3. The summed E-state index contributed by atoms with van der Waals surface area (Å²) in [4.78, 5) is 26.3. The molecule has 0 aliphatic heterocycles. The van der Waals surface area contributed by atoms with Crippen LogP contribution in [0.25, 0.3) is 11.5 Å². The average molecular weight is 194 g/mol. The summed E-state index contributed by atoms with van der Waals surface area (Å²) in [7, 11) is 0. The Morgan fingerprint density at radius 1 is 1.36 bits per heavy atom. The molecule has 0 aromatic carbocycles. The number of aromatic nitrogens is 4. The number of rotatable bonds is 1. The van der Waals surface area contributed by atoms with E-state index in [0.717, 1.165) is 0 Å². The largest absolute Gasteiger partial charge is 0.421 e. The predicted molar refractivity (Wildman–Crippen MR) is 45.7 cm³/mol. The average Bonchev–Trinajstić information content (AvgIpc) is 2.51. The van der Waals surface area contributed by atoms with E-state index in [0.29, 0.717) is 5.89 Å². The molecule has 7 nitrogen and oxygen atoms in total. The van der Waals surface area contributed by atoms with Gasteiger partial charge in [0.05, 0.1) is 0 Å². The Morgan fingerprint density at radius 2 is 2.14 bits per heavy atom. The lowest BCUT2D eigenvalue weighted by Gasteiger charge is -1.90. The summed E-state index contributed by atoms with van der Waals surface area (Å²) >= 11 is 0. The molecule has 0 bridgehead atoms. The van der Waals surface area contributed by atoms with Gasteiger partial charge in [-0.3, -0.25) is 9.78 Å². The minimum atomic E-state index is -0.574. The number of aromatic amines is 2. The van der Waals surface area contributed by atoms with E-state index in [2.05, 4.69) is 20.2 Å². The zero-order valence-corrected chi connectivity index (χ0v) is 7.20. The highest BCUT2D eigenvalue weighted by molar-refractivity contribution is 5.48. The third-order valence-corrected chi connectivity index (χ3v) is 1.58. The van der Waals surface area contributed by atoms with Crippen LogP contribution in [-0.4, -0.2) is 20.2 Å². The molecule has 2 N–H and O–H groups in total. The molecule has 72 valence electrons. The van der Waals surface area contributed by atoms with Crippen LogP contribution < -0.4 is 11.2 Å². The highest BCUT2D eigenvalue weighted by atomic mass is 16.4. The summed E-state index contributed by atoms with van der Waals surface area (Å²) < 4.78 is 5.03. The lowest BCUT2D eigenvalue weighted by molar-refractivity contribution is 0.531. The maximum atomic E-state index is 11.2. The van der Waals surface area contributed by atoms with Crippen LogP contribution in [0.3, 0.4) is 0 Å². The number of hydrogen-bond donors (Lipinski definition) is 2. The molecule has 7 heteroatoms. The van der Waals surface area contributed by atoms with Gasteiger partial charge in [-0.25, -0.2) is 4.79 Å². The van der Waals surface area contributed by atoms with E-state index in [1.54, 1.807) is 6.92 Å². The Morgan fingerprint density at radius 3 is 2.71 bits per heavy atom. The van der Waals surface area contributed by atoms with Gasteiger partial charge in [0.2, 0.25) is 5.89 Å². The van der Waals surface area contributed by atoms with Crippen molar-refractivity contribution in [2.45, 2.75) is 6.92 Å². The fraction of sp³-hybridized carbons (Fsp3) is 0.143. The summed E-state index contributed by atoms with van der Waals surface area (Å²) in [6, 6.07) is 0. The summed E-state index contributed by atoms with van der Waals surface area (Å²) in [6.07, 6.45) is 1.23. The van der Waals surface area contributed by atoms with Crippen molar-refractivity contribution in [3.63, 3.8) is 0 Å². The molecule has 0 aliphatic carbocycles. The van der Waals surface area contributed by atoms with E-state index in [-0.39, 0.29) is 11.5 Å². The van der Waals surface area contributed by atoms with Crippen LogP contribution in [0.2, 0.25) is 0 Å². The number of nitrogens with zero attached hydrogens (tertiary/aromatic N) is 2. The first-order valence-electron chi connectivity index (χ1n) is 3.79. The van der Waals surface area contributed by atoms with E-state index >= 15 is 0 Å². The maximum Gasteiger partial charge on any atom is 0.325 e. The van der Waals surface area contributed by atoms with Crippen molar-refractivity contribution in [3.8, 4) is 11.5 Å². The summed E-state index contributed by atoms with van der Waals surface area (Å²) in [5.41, 5.74) is -0.988. The van der Waals surface area contributed by atoms with Gasteiger partial charge in [0.25, 0.3) is 11.4 Å². The zero-order chi connectivity index (χ0) is 10.1. The zero-order valence-electron chi connectivity index (χ0n) is 7.20. The highest BCUT2D eigenvalue weighted by Gasteiger charge is 2.09. The minimum absolute atomic E-state index is 0.0833. The van der Waals surface area contributed by atoms with Crippen molar-refractivity contribution in [1.29, 1.82) is 0 Å². The smallest absolute Gasteiger partial charge is 0.325 e. The third kappa shape index (κ3) is 1.35. The highest BCUT2D eigenvalue weighted by Crippen LogP contribution is 2.09. The second kappa shape index (κ2) is 2.95. The van der Waals surface area contributed by atoms with Gasteiger partial charge in [-0.05, 0) is 0 Å². The molecule has 0 unspecified atom stereocenters. The minimum Gasteiger partial charge on any atom is -0.421 e. The molecule has 2 rings (SSSR count). The molecule has 2 aromatic rings. The van der Waals surface area contributed by atoms with Gasteiger partial charge in [-0.15, -0.1) is 10.2 Å². The fourth-order valence-electron chi connectivity index (χ4n) is 0.974. The van der Waals surface area contributed by atoms with Crippen LogP contribution in [-0.2, 0) is 0 Å². The molecular weight excluding hydrogens is 188 g/mol. The van der Waals surface area contributed by atoms with Gasteiger partial charge in [0.1, 0.15) is 5.56 Å². The normalized spacial score (nSPS) is 10.4. The topological polar surface area (TPSA) is 105 Å². The quantitative estimate of drug-likeness (QED) is 0.632. The number of nitrogens with one attached hydrogen (secondary N) is 2. The third-order valence-electron chi connectivity index (χ3n) is 1.58. The van der Waals surface area contributed by atoms with Crippen LogP contribution >= 0.6 is 0 Å². The predicted octanol–water partition coefficient (Wildman–Crippen LogP) is -0.578. The maximum absolute atomic E-state index is 11.2. The first-order valence-corrected chi connectivity index (χ1v) is 3.79. The van der Waals surface area contributed by atoms with Gasteiger partial charge < -0.3 is 9.40 Å². The molecule has 2 aromatic heterocycles.